The lowest BCUT2D eigenvalue weighted by molar-refractivity contribution is 0.122. The van der Waals surface area contributed by atoms with Crippen molar-refractivity contribution >= 4 is 28.2 Å². The molecule has 40 heavy (non-hydrogen) atoms. The van der Waals surface area contributed by atoms with Gasteiger partial charge in [-0.25, -0.2) is 22.9 Å². The Labute approximate surface area is 237 Å². The fraction of sp³-hybridized carbons (Fsp3) is 0.448. The molecule has 2 aliphatic heterocycles. The van der Waals surface area contributed by atoms with Gasteiger partial charge in [-0.15, -0.1) is 0 Å². The van der Waals surface area contributed by atoms with Crippen LogP contribution in [0.25, 0.3) is 0 Å². The van der Waals surface area contributed by atoms with Gasteiger partial charge in [-0.2, -0.15) is 0 Å². The van der Waals surface area contributed by atoms with Crippen molar-refractivity contribution in [3.8, 4) is 0 Å². The van der Waals surface area contributed by atoms with Gasteiger partial charge in [0.15, 0.2) is 0 Å². The molecule has 2 atom stereocenters. The highest BCUT2D eigenvalue weighted by Crippen LogP contribution is 2.45. The number of aliphatic hydroxyl groups excluding tert-OH is 1. The molecule has 2 saturated heterocycles. The van der Waals surface area contributed by atoms with E-state index in [9.17, 15) is 13.7 Å². The van der Waals surface area contributed by atoms with E-state index >= 15 is 0 Å². The summed E-state index contributed by atoms with van der Waals surface area (Å²) in [4.78, 5) is 14.3. The summed E-state index contributed by atoms with van der Waals surface area (Å²) in [6, 6.07) is 9.93. The third kappa shape index (κ3) is 6.34. The highest BCUT2D eigenvalue weighted by atomic mass is 32.2. The summed E-state index contributed by atoms with van der Waals surface area (Å²) in [5.74, 6) is 0.561. The summed E-state index contributed by atoms with van der Waals surface area (Å²) in [5.41, 5.74) is 9.29. The molecule has 0 saturated carbocycles. The molecule has 0 bridgehead atoms. The van der Waals surface area contributed by atoms with Crippen molar-refractivity contribution < 1.29 is 18.4 Å². The van der Waals surface area contributed by atoms with Crippen LogP contribution >= 0.6 is 0 Å². The van der Waals surface area contributed by atoms with Gasteiger partial charge in [0.05, 0.1) is 36.1 Å². The number of aliphatic hydroxyl groups is 1. The van der Waals surface area contributed by atoms with Crippen LogP contribution in [0, 0.1) is 11.2 Å². The molecule has 5 rings (SSSR count). The fourth-order valence-corrected chi connectivity index (χ4v) is 7.01. The number of rotatable bonds is 8. The number of morpholine rings is 1. The maximum atomic E-state index is 13.8. The van der Waals surface area contributed by atoms with Gasteiger partial charge in [-0.1, -0.05) is 5.57 Å². The van der Waals surface area contributed by atoms with Crippen molar-refractivity contribution in [2.75, 3.05) is 71.0 Å². The van der Waals surface area contributed by atoms with E-state index in [-0.39, 0.29) is 17.8 Å². The Morgan fingerprint density at radius 1 is 1.23 bits per heavy atom. The predicted molar refractivity (Wildman–Crippen MR) is 155 cm³/mol. The van der Waals surface area contributed by atoms with Crippen LogP contribution in [0.3, 0.4) is 0 Å². The Morgan fingerprint density at radius 2 is 2.00 bits per heavy atom. The van der Waals surface area contributed by atoms with Gasteiger partial charge < -0.3 is 25.4 Å². The lowest BCUT2D eigenvalue weighted by atomic mass is 9.67. The number of anilines is 1. The minimum Gasteiger partial charge on any atom is -0.404 e. The van der Waals surface area contributed by atoms with Crippen molar-refractivity contribution in [1.29, 1.82) is 0 Å². The minimum atomic E-state index is -1.38. The van der Waals surface area contributed by atoms with E-state index in [2.05, 4.69) is 20.9 Å². The molecule has 2 fully saturated rings. The number of ether oxygens (including phenoxy) is 1. The normalized spacial score (nSPS) is 24.8. The van der Waals surface area contributed by atoms with Crippen molar-refractivity contribution in [2.24, 2.45) is 16.1 Å². The average molecular weight is 569 g/mol. The molecule has 214 valence electrons. The smallest absolute Gasteiger partial charge is 0.129 e. The second-order valence-corrected chi connectivity index (χ2v) is 12.1. The summed E-state index contributed by atoms with van der Waals surface area (Å²) in [5, 5.41) is 9.58. The van der Waals surface area contributed by atoms with Gasteiger partial charge in [-0.3, -0.25) is 0 Å². The van der Waals surface area contributed by atoms with E-state index in [0.29, 0.717) is 56.4 Å². The summed E-state index contributed by atoms with van der Waals surface area (Å²) in [7, 11) is 0.605. The molecule has 1 aromatic carbocycles. The summed E-state index contributed by atoms with van der Waals surface area (Å²) < 4.78 is 34.7. The van der Waals surface area contributed by atoms with E-state index in [0.717, 1.165) is 36.6 Å². The van der Waals surface area contributed by atoms with Crippen molar-refractivity contribution in [1.82, 2.24) is 14.2 Å². The molecule has 2 aromatic rings. The van der Waals surface area contributed by atoms with Gasteiger partial charge in [0, 0.05) is 50.9 Å². The molecule has 1 aromatic heterocycles. The number of nitrogens with two attached hydrogens (primary N) is 1. The van der Waals surface area contributed by atoms with Crippen LogP contribution in [-0.4, -0.2) is 95.4 Å². The number of piperidine rings is 1. The third-order valence-corrected chi connectivity index (χ3v) is 9.21. The lowest BCUT2D eigenvalue weighted by Gasteiger charge is -2.48. The number of fused-ring (bicyclic) bond motifs is 1. The fourth-order valence-electron chi connectivity index (χ4n) is 5.76. The standard InChI is InChI=1S/C29H37FN6O3S/c1-34(10-13-37)20-29-17-22(18-31)27(33-25-4-2-24(30)3-5-25)16-23(29)8-9-36(21-29)40(38)26-6-7-28(32-19-26)35-11-14-39-15-12-35/h2-7,16,18-19,37H,8-15,17,20-21,31H2,1H3/t29-,40?/m0/s1. The van der Waals surface area contributed by atoms with Gasteiger partial charge in [0.25, 0.3) is 0 Å². The van der Waals surface area contributed by atoms with E-state index in [1.807, 2.05) is 23.5 Å². The molecule has 0 spiro atoms. The molecule has 3 aliphatic rings. The number of allylic oxidation sites excluding steroid dienone is 2. The monoisotopic (exact) mass is 568 g/mol. The van der Waals surface area contributed by atoms with Crippen LogP contribution in [0.4, 0.5) is 15.9 Å². The quantitative estimate of drug-likeness (QED) is 0.504. The van der Waals surface area contributed by atoms with Crippen molar-refractivity contribution in [3.05, 3.63) is 71.8 Å². The number of benzene rings is 1. The minimum absolute atomic E-state index is 0.0549. The maximum absolute atomic E-state index is 13.8. The van der Waals surface area contributed by atoms with Crippen molar-refractivity contribution in [2.45, 2.75) is 17.7 Å². The first-order valence-corrected chi connectivity index (χ1v) is 14.7. The predicted octanol–water partition coefficient (Wildman–Crippen LogP) is 2.64. The lowest BCUT2D eigenvalue weighted by Crippen LogP contribution is -2.52. The molecule has 11 heteroatoms. The van der Waals surface area contributed by atoms with Crippen LogP contribution < -0.4 is 10.6 Å². The Balaban J connectivity index is 1.41. The third-order valence-electron chi connectivity index (χ3n) is 7.78. The van der Waals surface area contributed by atoms with Crippen LogP contribution in [0.15, 0.2) is 75.9 Å². The molecule has 3 heterocycles. The first-order chi connectivity index (χ1) is 19.4. The molecular formula is C29H37FN6O3S. The second-order valence-electron chi connectivity index (χ2n) is 10.6. The number of likely N-dealkylation sites (N-methyl/N-ethyl adjacent to an activating group) is 1. The zero-order chi connectivity index (χ0) is 28.1. The molecule has 0 radical (unpaired) electrons. The topological polar surface area (TPSA) is 108 Å². The average Bonchev–Trinajstić information content (AvgIpc) is 2.98. The van der Waals surface area contributed by atoms with Crippen molar-refractivity contribution in [3.63, 3.8) is 0 Å². The van der Waals surface area contributed by atoms with Crippen LogP contribution in [0.5, 0.6) is 0 Å². The van der Waals surface area contributed by atoms with Crippen LogP contribution in [-0.2, 0) is 15.7 Å². The molecule has 3 N–H and O–H groups in total. The summed E-state index contributed by atoms with van der Waals surface area (Å²) in [6.07, 6.45) is 6.74. The van der Waals surface area contributed by atoms with E-state index in [1.54, 1.807) is 24.5 Å². The van der Waals surface area contributed by atoms with E-state index in [4.69, 9.17) is 15.5 Å². The summed E-state index contributed by atoms with van der Waals surface area (Å²) in [6.45, 7) is 5.40. The molecule has 0 amide bonds. The largest absolute Gasteiger partial charge is 0.404 e. The Hall–Kier alpha value is -2.96. The van der Waals surface area contributed by atoms with Crippen LogP contribution in [0.2, 0.25) is 0 Å². The van der Waals surface area contributed by atoms with Gasteiger partial charge in [-0.05, 0) is 74.1 Å². The number of hydrogen-bond donors (Lipinski definition) is 2. The number of pyridine rings is 1. The van der Waals surface area contributed by atoms with Gasteiger partial charge in [0.2, 0.25) is 0 Å². The number of nitrogens with zero attached hydrogens (tertiary/aromatic N) is 5. The highest BCUT2D eigenvalue weighted by molar-refractivity contribution is 7.82. The number of halogens is 1. The number of hydrogen-bond acceptors (Lipinski definition) is 8. The SMILES string of the molecule is CN(CCO)C[C@]12CC(=CN)C(=Nc3ccc(F)cc3)C=C1CCN(S(=O)c1ccc(N3CCOCC3)nc1)C2. The Bertz CT molecular complexity index is 1290. The first kappa shape index (κ1) is 28.6. The maximum Gasteiger partial charge on any atom is 0.129 e. The zero-order valence-corrected chi connectivity index (χ0v) is 23.7. The zero-order valence-electron chi connectivity index (χ0n) is 22.8. The van der Waals surface area contributed by atoms with Gasteiger partial charge >= 0.3 is 0 Å². The molecule has 1 aliphatic carbocycles. The highest BCUT2D eigenvalue weighted by Gasteiger charge is 2.45. The molecule has 9 nitrogen and oxygen atoms in total. The number of aliphatic imine (C=N–C) groups is 1. The Morgan fingerprint density at radius 3 is 2.67 bits per heavy atom. The number of aromatic nitrogens is 1. The first-order valence-electron chi connectivity index (χ1n) is 13.6. The van der Waals surface area contributed by atoms with E-state index < -0.39 is 11.0 Å². The second kappa shape index (κ2) is 12.7. The molecule has 1 unspecified atom stereocenters. The van der Waals surface area contributed by atoms with Gasteiger partial charge in [0.1, 0.15) is 22.6 Å². The Kier molecular flexibility index (Phi) is 9.07. The van der Waals surface area contributed by atoms with Crippen LogP contribution in [0.1, 0.15) is 12.8 Å². The summed E-state index contributed by atoms with van der Waals surface area (Å²) >= 11 is 0. The molecular weight excluding hydrogens is 531 g/mol. The van der Waals surface area contributed by atoms with E-state index in [1.165, 1.54) is 17.7 Å².